The topological polar surface area (TPSA) is 88.0 Å². The number of hydrogen-bond acceptors (Lipinski definition) is 5. The summed E-state index contributed by atoms with van der Waals surface area (Å²) in [6, 6.07) is 5.94. The summed E-state index contributed by atoms with van der Waals surface area (Å²) >= 11 is 1.22. The number of non-ortho nitro benzene ring substituents is 1. The molecular formula is C11H11N3O3S. The monoisotopic (exact) mass is 265 g/mol. The average molecular weight is 265 g/mol. The molecule has 2 rings (SSSR count). The average Bonchev–Trinajstić information content (AvgIpc) is 2.71. The fourth-order valence-electron chi connectivity index (χ4n) is 1.60. The molecule has 6 nitrogen and oxygen atoms in total. The molecule has 0 unspecified atom stereocenters. The number of nitrogens with one attached hydrogen (secondary N) is 2. The van der Waals surface area contributed by atoms with Gasteiger partial charge in [0.15, 0.2) is 0 Å². The Kier molecular flexibility index (Phi) is 3.42. The van der Waals surface area contributed by atoms with Gasteiger partial charge in [0.2, 0.25) is 0 Å². The predicted octanol–water partition coefficient (Wildman–Crippen LogP) is 2.44. The molecule has 1 heterocycles. The first-order valence-electron chi connectivity index (χ1n) is 5.33. The van der Waals surface area contributed by atoms with Gasteiger partial charge in [0.1, 0.15) is 5.00 Å². The Hall–Kier alpha value is -2.15. The lowest BCUT2D eigenvalue weighted by Gasteiger charge is -2.02. The summed E-state index contributed by atoms with van der Waals surface area (Å²) in [7, 11) is 0. The quantitative estimate of drug-likeness (QED) is 0.656. The smallest absolute Gasteiger partial charge is 0.269 e. The molecule has 0 aliphatic carbocycles. The van der Waals surface area contributed by atoms with Crippen LogP contribution in [-0.4, -0.2) is 15.8 Å². The van der Waals surface area contributed by atoms with Gasteiger partial charge in [-0.3, -0.25) is 19.3 Å². The van der Waals surface area contributed by atoms with Crippen molar-refractivity contribution in [3.8, 4) is 11.1 Å². The van der Waals surface area contributed by atoms with Crippen LogP contribution in [0.5, 0.6) is 0 Å². The maximum Gasteiger partial charge on any atom is 0.269 e. The van der Waals surface area contributed by atoms with Crippen molar-refractivity contribution in [2.45, 2.75) is 6.92 Å². The van der Waals surface area contributed by atoms with E-state index in [9.17, 15) is 14.9 Å². The molecule has 0 spiro atoms. The van der Waals surface area contributed by atoms with Gasteiger partial charge in [-0.15, -0.1) is 0 Å². The van der Waals surface area contributed by atoms with Gasteiger partial charge < -0.3 is 5.32 Å². The van der Waals surface area contributed by atoms with Crippen molar-refractivity contribution in [3.05, 3.63) is 44.7 Å². The third kappa shape index (κ3) is 2.25. The number of H-pyrrole nitrogens is 1. The fraction of sp³-hybridized carbons (Fsp3) is 0.182. The molecule has 0 radical (unpaired) electrons. The van der Waals surface area contributed by atoms with E-state index in [1.54, 1.807) is 12.1 Å². The number of nitrogens with zero attached hydrogens (tertiary/aromatic N) is 1. The summed E-state index contributed by atoms with van der Waals surface area (Å²) < 4.78 is 2.65. The van der Waals surface area contributed by atoms with Crippen LogP contribution >= 0.6 is 11.5 Å². The highest BCUT2D eigenvalue weighted by atomic mass is 32.1. The van der Waals surface area contributed by atoms with Gasteiger partial charge in [-0.1, -0.05) is 0 Å². The van der Waals surface area contributed by atoms with Crippen LogP contribution in [0.25, 0.3) is 11.1 Å². The largest absolute Gasteiger partial charge is 0.375 e. The molecule has 0 fully saturated rings. The number of nitro groups is 1. The van der Waals surface area contributed by atoms with Crippen molar-refractivity contribution in [2.24, 2.45) is 0 Å². The molecule has 0 saturated heterocycles. The van der Waals surface area contributed by atoms with E-state index in [0.29, 0.717) is 17.7 Å². The maximum absolute atomic E-state index is 11.7. The molecule has 94 valence electrons. The van der Waals surface area contributed by atoms with Crippen LogP contribution < -0.4 is 10.9 Å². The number of rotatable bonds is 4. The molecule has 0 aliphatic rings. The molecule has 2 N–H and O–H groups in total. The molecule has 18 heavy (non-hydrogen) atoms. The van der Waals surface area contributed by atoms with Crippen molar-refractivity contribution in [3.63, 3.8) is 0 Å². The van der Waals surface area contributed by atoms with Crippen molar-refractivity contribution >= 4 is 22.2 Å². The first kappa shape index (κ1) is 12.3. The minimum absolute atomic E-state index is 0.00964. The lowest BCUT2D eigenvalue weighted by Crippen LogP contribution is -2.04. The zero-order valence-electron chi connectivity index (χ0n) is 9.60. The number of nitro benzene ring substituents is 1. The standard InChI is InChI=1S/C11H11N3O3S/c1-2-12-11-9(10(15)13-18-11)7-3-5-8(6-4-7)14(16)17/h3-6,12H,2H2,1H3,(H,13,15). The van der Waals surface area contributed by atoms with Crippen LogP contribution in [0.2, 0.25) is 0 Å². The summed E-state index contributed by atoms with van der Waals surface area (Å²) in [6.07, 6.45) is 0. The molecule has 0 amide bonds. The van der Waals surface area contributed by atoms with Gasteiger partial charge in [-0.05, 0) is 36.2 Å². The highest BCUT2D eigenvalue weighted by molar-refractivity contribution is 7.10. The number of benzene rings is 1. The van der Waals surface area contributed by atoms with Gasteiger partial charge in [0.05, 0.1) is 10.5 Å². The second-order valence-corrected chi connectivity index (χ2v) is 4.39. The lowest BCUT2D eigenvalue weighted by molar-refractivity contribution is -0.384. The van der Waals surface area contributed by atoms with E-state index in [4.69, 9.17) is 0 Å². The fourth-order valence-corrected chi connectivity index (χ4v) is 2.43. The third-order valence-corrected chi connectivity index (χ3v) is 3.24. The molecule has 0 atom stereocenters. The van der Waals surface area contributed by atoms with E-state index >= 15 is 0 Å². The highest BCUT2D eigenvalue weighted by Gasteiger charge is 2.13. The zero-order valence-corrected chi connectivity index (χ0v) is 10.4. The number of hydrogen-bond donors (Lipinski definition) is 2. The Morgan fingerprint density at radius 3 is 2.61 bits per heavy atom. The van der Waals surface area contributed by atoms with E-state index in [1.807, 2.05) is 6.92 Å². The van der Waals surface area contributed by atoms with Crippen LogP contribution in [0, 0.1) is 10.1 Å². The predicted molar refractivity (Wildman–Crippen MR) is 71.2 cm³/mol. The molecule has 0 aliphatic heterocycles. The molecule has 1 aromatic carbocycles. The van der Waals surface area contributed by atoms with Crippen molar-refractivity contribution in [1.29, 1.82) is 0 Å². The Labute approximate surface area is 107 Å². The Morgan fingerprint density at radius 1 is 1.39 bits per heavy atom. The van der Waals surface area contributed by atoms with Crippen LogP contribution in [0.4, 0.5) is 10.7 Å². The molecule has 2 aromatic rings. The first-order valence-corrected chi connectivity index (χ1v) is 6.15. The second kappa shape index (κ2) is 5.01. The Morgan fingerprint density at radius 2 is 2.06 bits per heavy atom. The Balaban J connectivity index is 2.45. The van der Waals surface area contributed by atoms with E-state index in [0.717, 1.165) is 5.00 Å². The highest BCUT2D eigenvalue weighted by Crippen LogP contribution is 2.28. The summed E-state index contributed by atoms with van der Waals surface area (Å²) in [6.45, 7) is 2.64. The van der Waals surface area contributed by atoms with Gasteiger partial charge in [0.25, 0.3) is 11.2 Å². The molecule has 7 heteroatoms. The molecular weight excluding hydrogens is 254 g/mol. The normalized spacial score (nSPS) is 10.3. The lowest BCUT2D eigenvalue weighted by atomic mass is 10.1. The summed E-state index contributed by atoms with van der Waals surface area (Å²) in [5.74, 6) is 0. The van der Waals surface area contributed by atoms with Crippen LogP contribution in [0.1, 0.15) is 6.92 Å². The summed E-state index contributed by atoms with van der Waals surface area (Å²) in [4.78, 5) is 21.8. The molecule has 0 bridgehead atoms. The van der Waals surface area contributed by atoms with Gasteiger partial charge in [-0.2, -0.15) is 0 Å². The number of aromatic amines is 1. The first-order chi connectivity index (χ1) is 8.63. The molecule has 1 aromatic heterocycles. The molecule has 0 saturated carbocycles. The SMILES string of the molecule is CCNc1s[nH]c(=O)c1-c1ccc([N+](=O)[O-])cc1. The van der Waals surface area contributed by atoms with Crippen LogP contribution in [0.15, 0.2) is 29.1 Å². The maximum atomic E-state index is 11.7. The van der Waals surface area contributed by atoms with Crippen LogP contribution in [0.3, 0.4) is 0 Å². The summed E-state index contributed by atoms with van der Waals surface area (Å²) in [5, 5.41) is 14.4. The third-order valence-electron chi connectivity index (χ3n) is 2.40. The van der Waals surface area contributed by atoms with Crippen molar-refractivity contribution in [1.82, 2.24) is 4.37 Å². The minimum Gasteiger partial charge on any atom is -0.375 e. The van der Waals surface area contributed by atoms with Gasteiger partial charge in [-0.25, -0.2) is 0 Å². The summed E-state index contributed by atoms with van der Waals surface area (Å²) in [5.41, 5.74) is 1.01. The van der Waals surface area contributed by atoms with E-state index in [1.165, 1.54) is 23.7 Å². The van der Waals surface area contributed by atoms with Gasteiger partial charge in [0, 0.05) is 18.7 Å². The van der Waals surface area contributed by atoms with E-state index in [-0.39, 0.29) is 11.2 Å². The van der Waals surface area contributed by atoms with Crippen molar-refractivity contribution < 1.29 is 4.92 Å². The Bertz CT molecular complexity index is 615. The van der Waals surface area contributed by atoms with Crippen molar-refractivity contribution in [2.75, 3.05) is 11.9 Å². The second-order valence-electron chi connectivity index (χ2n) is 3.57. The van der Waals surface area contributed by atoms with Gasteiger partial charge >= 0.3 is 0 Å². The minimum atomic E-state index is -0.465. The number of anilines is 1. The van der Waals surface area contributed by atoms with E-state index < -0.39 is 4.92 Å². The zero-order chi connectivity index (χ0) is 13.1. The number of aromatic nitrogens is 1. The van der Waals surface area contributed by atoms with E-state index in [2.05, 4.69) is 9.69 Å². The van der Waals surface area contributed by atoms with Crippen LogP contribution in [-0.2, 0) is 0 Å².